The molecule has 4 aliphatic heterocycles. The average molecular weight is 1340 g/mol. The number of imidazole rings is 1. The zero-order chi connectivity index (χ0) is 64.8. The van der Waals surface area contributed by atoms with Crippen molar-refractivity contribution in [1.82, 2.24) is 54.5 Å². The summed E-state index contributed by atoms with van der Waals surface area (Å²) in [6, 6.07) is 4.53. The number of alkyl halides is 1. The number of amides is 7. The first-order valence-electron chi connectivity index (χ1n) is 28.3. The van der Waals surface area contributed by atoms with Crippen LogP contribution in [0.4, 0.5) is 25.1 Å². The van der Waals surface area contributed by atoms with E-state index in [1.165, 1.54) is 41.9 Å². The highest BCUT2D eigenvalue weighted by atomic mass is 32.7. The molecule has 12 atom stereocenters. The van der Waals surface area contributed by atoms with Gasteiger partial charge in [-0.2, -0.15) is 0 Å². The molecule has 0 spiro atoms. The van der Waals surface area contributed by atoms with E-state index >= 15 is 8.78 Å². The molecule has 4 aliphatic rings. The van der Waals surface area contributed by atoms with Gasteiger partial charge in [0.1, 0.15) is 54.8 Å². The Morgan fingerprint density at radius 3 is 2.33 bits per heavy atom. The molecule has 7 amide bonds. The summed E-state index contributed by atoms with van der Waals surface area (Å²) >= 11 is 9.35. The number of hydrogen-bond acceptors (Lipinski definition) is 22. The summed E-state index contributed by atoms with van der Waals surface area (Å²) in [5, 5.41) is 21.7. The minimum absolute atomic E-state index is 0.00161. The Morgan fingerprint density at radius 2 is 1.60 bits per heavy atom. The van der Waals surface area contributed by atoms with Gasteiger partial charge in [0, 0.05) is 63.4 Å². The number of aliphatic hydroxyl groups is 1. The van der Waals surface area contributed by atoms with Gasteiger partial charge in [-0.1, -0.05) is 44.6 Å². The quantitative estimate of drug-likeness (QED) is 0.0225. The normalized spacial score (nSPS) is 26.0. The van der Waals surface area contributed by atoms with E-state index in [-0.39, 0.29) is 91.6 Å². The van der Waals surface area contributed by atoms with Crippen LogP contribution in [0, 0.1) is 11.7 Å². The van der Waals surface area contributed by atoms with E-state index in [2.05, 4.69) is 58.4 Å². The standard InChI is InChI=1S/C53H65F2N13O18P2S2/c1-27(2)40(63-34(69)9-6-5-7-19-66-36(71)15-16-37(66)72)50(76)61-28(3)48(74)62-30-13-11-29(12-14-30)22-80-53(77)65(4)18-8-10-35(70)64-45-41-47(58-24-56-45)68(26-60-41)51-39(55)43-32(83-51)17-20-81-87(78,89)86-44-42(73)33(23-82-88(79,90)85-43)84-52(44)67-21-31(54)38-46(67)57-25-59-49(38)75/h11-16,21,24-28,32-33,39-40,42-44,51-52,73H,5-10,17-20,22-23H2,1-4H3,(H,61,76)(H,62,74)(H,63,69)(H,78,89)(H,79,90)(H,57,59,75)(H,56,58,64,70)/t28-,32+,33+,39+,40-,42+,43+,44+,51+,52+,87?,88?/m0/s1. The molecule has 3 fully saturated rings. The monoisotopic (exact) mass is 1340 g/mol. The van der Waals surface area contributed by atoms with Crippen LogP contribution in [0.5, 0.6) is 0 Å². The number of carbonyl (C=O) groups is 7. The van der Waals surface area contributed by atoms with Crippen LogP contribution in [0.3, 0.4) is 0 Å². The number of imide groups is 1. The lowest BCUT2D eigenvalue weighted by molar-refractivity contribution is -0.137. The summed E-state index contributed by atoms with van der Waals surface area (Å²) in [7, 11) is 1.48. The second-order valence-corrected chi connectivity index (χ2v) is 27.4. The molecular formula is C53H65F2N13O18P2S2. The van der Waals surface area contributed by atoms with Crippen LogP contribution in [-0.4, -0.2) is 178 Å². The summed E-state index contributed by atoms with van der Waals surface area (Å²) in [6.45, 7) is -4.90. The number of H-pyrrole nitrogens is 1. The number of fused-ring (bicyclic) bond motifs is 5. The van der Waals surface area contributed by atoms with Gasteiger partial charge < -0.3 is 64.5 Å². The lowest BCUT2D eigenvalue weighted by atomic mass is 10.0. The second-order valence-electron chi connectivity index (χ2n) is 21.7. The number of nitrogens with one attached hydrogen (secondary N) is 5. The number of rotatable bonds is 21. The summed E-state index contributed by atoms with van der Waals surface area (Å²) in [5.74, 6) is -4.03. The van der Waals surface area contributed by atoms with Crippen molar-refractivity contribution in [2.24, 2.45) is 5.92 Å². The summed E-state index contributed by atoms with van der Waals surface area (Å²) < 4.78 is 87.8. The number of ether oxygens (including phenoxy) is 3. The van der Waals surface area contributed by atoms with Crippen molar-refractivity contribution in [2.75, 3.05) is 44.0 Å². The van der Waals surface area contributed by atoms with Crippen molar-refractivity contribution < 1.29 is 89.2 Å². The SMILES string of the molecule is CC(C)[C@H](NC(=O)CCCCCN1C(=O)C=CC1=O)C(=O)N[C@@H](C)C(=O)Nc1ccc(COC(=O)N(C)CCCC(=O)Nc2ncnc3c2ncn3[C@@H]2O[C@@H]3CCOP(O)(=S)O[C@@H]4[C@H](O)[C@@H](COP(=O)(S)O[C@H]3[C@H]2F)O[C@H]4n2cc(F)c3c(=O)[nH]cnc32)cc1. The van der Waals surface area contributed by atoms with Gasteiger partial charge in [-0.15, -0.1) is 0 Å². The number of halogens is 2. The number of hydrogen-bond donors (Lipinski definition) is 8. The maximum Gasteiger partial charge on any atom is 0.409 e. The molecule has 9 rings (SSSR count). The van der Waals surface area contributed by atoms with E-state index < -0.39 is 129 Å². The molecule has 5 aromatic rings. The molecule has 37 heteroatoms. The van der Waals surface area contributed by atoms with Gasteiger partial charge >= 0.3 is 19.6 Å². The van der Waals surface area contributed by atoms with Crippen molar-refractivity contribution in [3.8, 4) is 0 Å². The van der Waals surface area contributed by atoms with Crippen molar-refractivity contribution in [3.63, 3.8) is 0 Å². The Hall–Kier alpha value is -7.01. The molecule has 4 aromatic heterocycles. The van der Waals surface area contributed by atoms with E-state index in [1.54, 1.807) is 38.1 Å². The number of anilines is 2. The second kappa shape index (κ2) is 29.1. The fraction of sp³-hybridized carbons (Fsp3) is 0.509. The zero-order valence-corrected chi connectivity index (χ0v) is 52.1. The van der Waals surface area contributed by atoms with E-state index in [9.17, 15) is 52.9 Å². The maximum atomic E-state index is 16.8. The van der Waals surface area contributed by atoms with Gasteiger partial charge in [-0.25, -0.2) is 38.1 Å². The highest BCUT2D eigenvalue weighted by molar-refractivity contribution is 8.44. The fourth-order valence-corrected chi connectivity index (χ4v) is 13.1. The molecule has 1 aromatic carbocycles. The lowest BCUT2D eigenvalue weighted by Crippen LogP contribution is -2.53. The first-order chi connectivity index (χ1) is 42.8. The smallest absolute Gasteiger partial charge is 0.409 e. The van der Waals surface area contributed by atoms with Gasteiger partial charge in [-0.3, -0.25) is 56.6 Å². The third kappa shape index (κ3) is 16.2. The number of thiol groups is 1. The van der Waals surface area contributed by atoms with Crippen LogP contribution >= 0.6 is 25.8 Å². The topological polar surface area (TPSA) is 391 Å². The number of carbonyl (C=O) groups excluding carboxylic acids is 7. The van der Waals surface area contributed by atoms with E-state index in [1.807, 2.05) is 0 Å². The third-order valence-electron chi connectivity index (χ3n) is 14.9. The molecule has 0 radical (unpaired) electrons. The van der Waals surface area contributed by atoms with Crippen LogP contribution in [-0.2, 0) is 84.1 Å². The fourth-order valence-electron chi connectivity index (χ4n) is 10.1. The Kier molecular flexibility index (Phi) is 21.8. The summed E-state index contributed by atoms with van der Waals surface area (Å²) in [5.41, 5.74) is -0.0313. The molecule has 2 bridgehead atoms. The average Bonchev–Trinajstić information content (AvgIpc) is 1.66. The van der Waals surface area contributed by atoms with Gasteiger partial charge in [0.15, 0.2) is 47.1 Å². The number of nitrogens with zero attached hydrogens (tertiary/aromatic N) is 8. The van der Waals surface area contributed by atoms with Gasteiger partial charge in [0.05, 0.1) is 32.0 Å². The number of aromatic amines is 1. The van der Waals surface area contributed by atoms with Crippen LogP contribution < -0.4 is 26.8 Å². The van der Waals surface area contributed by atoms with Crippen LogP contribution in [0.1, 0.15) is 83.7 Å². The van der Waals surface area contributed by atoms with Gasteiger partial charge in [-0.05, 0) is 61.6 Å². The lowest BCUT2D eigenvalue weighted by Gasteiger charge is -2.27. The first-order valence-corrected chi connectivity index (χ1v) is 33.6. The molecule has 3 saturated heterocycles. The van der Waals surface area contributed by atoms with Crippen LogP contribution in [0.15, 0.2) is 66.4 Å². The van der Waals surface area contributed by atoms with Crippen molar-refractivity contribution in [3.05, 3.63) is 83.3 Å². The Bertz CT molecular complexity index is 3700. The number of benzene rings is 1. The van der Waals surface area contributed by atoms with Gasteiger partial charge in [0.2, 0.25) is 23.6 Å². The summed E-state index contributed by atoms with van der Waals surface area (Å²) in [6.07, 6.45) is -5.60. The van der Waals surface area contributed by atoms with E-state index in [0.29, 0.717) is 30.5 Å². The van der Waals surface area contributed by atoms with Gasteiger partial charge in [0.25, 0.3) is 17.4 Å². The highest BCUT2D eigenvalue weighted by Crippen LogP contribution is 2.58. The molecule has 486 valence electrons. The molecule has 2 unspecified atom stereocenters. The molecule has 90 heavy (non-hydrogen) atoms. The Labute approximate surface area is 521 Å². The Morgan fingerprint density at radius 1 is 0.878 bits per heavy atom. The first kappa shape index (κ1) is 67.4. The molecule has 7 N–H and O–H groups in total. The highest BCUT2D eigenvalue weighted by Gasteiger charge is 2.53. The summed E-state index contributed by atoms with van der Waals surface area (Å²) in [4.78, 5) is 134. The Balaban J connectivity index is 0.712. The molecule has 31 nitrogen and oxygen atoms in total. The number of unbranched alkanes of at least 4 members (excludes halogenated alkanes) is 2. The van der Waals surface area contributed by atoms with Crippen molar-refractivity contribution in [1.29, 1.82) is 0 Å². The predicted octanol–water partition coefficient (Wildman–Crippen LogP) is 3.72. The van der Waals surface area contributed by atoms with Crippen molar-refractivity contribution >= 4 is 113 Å². The zero-order valence-electron chi connectivity index (χ0n) is 48.6. The number of aliphatic hydroxyl groups excluding tert-OH is 1. The minimum Gasteiger partial charge on any atom is -0.445 e. The maximum absolute atomic E-state index is 16.8. The minimum atomic E-state index is -4.57. The largest absolute Gasteiger partial charge is 0.445 e. The van der Waals surface area contributed by atoms with E-state index in [0.717, 1.165) is 28.3 Å². The molecule has 0 aliphatic carbocycles. The van der Waals surface area contributed by atoms with Crippen LogP contribution in [0.25, 0.3) is 22.2 Å². The molecule has 0 saturated carbocycles. The van der Waals surface area contributed by atoms with E-state index in [4.69, 9.17) is 44.1 Å². The van der Waals surface area contributed by atoms with Crippen molar-refractivity contribution in [2.45, 2.75) is 134 Å². The molecule has 8 heterocycles. The third-order valence-corrected chi connectivity index (χ3v) is 18.1. The number of aromatic nitrogens is 7. The predicted molar refractivity (Wildman–Crippen MR) is 318 cm³/mol. The molecular weight excluding hydrogens is 1270 g/mol. The van der Waals surface area contributed by atoms with Crippen LogP contribution in [0.2, 0.25) is 0 Å².